The van der Waals surface area contributed by atoms with E-state index in [-0.39, 0.29) is 18.9 Å². The number of benzene rings is 1. The van der Waals surface area contributed by atoms with E-state index in [1.807, 2.05) is 0 Å². The van der Waals surface area contributed by atoms with E-state index in [9.17, 15) is 9.59 Å². The molecule has 1 rings (SSSR count). The van der Waals surface area contributed by atoms with E-state index >= 15 is 0 Å². The first-order chi connectivity index (χ1) is 9.06. The summed E-state index contributed by atoms with van der Waals surface area (Å²) in [6.45, 7) is 0.0639. The van der Waals surface area contributed by atoms with Crippen molar-refractivity contribution in [2.75, 3.05) is 26.1 Å². The Kier molecular flexibility index (Phi) is 5.46. The van der Waals surface area contributed by atoms with Crippen LogP contribution in [0, 0.1) is 0 Å². The normalized spacial score (nSPS) is 9.58. The van der Waals surface area contributed by atoms with Gasteiger partial charge in [-0.2, -0.15) is 0 Å². The SMILES string of the molecule is COc1ccc(NC(=O)CCNC(=O)O)cc1OC. The summed E-state index contributed by atoms with van der Waals surface area (Å²) in [5.41, 5.74) is 0.554. The van der Waals surface area contributed by atoms with Crippen LogP contribution >= 0.6 is 0 Å². The molecule has 0 radical (unpaired) electrons. The summed E-state index contributed by atoms with van der Waals surface area (Å²) in [5, 5.41) is 13.1. The van der Waals surface area contributed by atoms with Gasteiger partial charge < -0.3 is 25.2 Å². The molecule has 0 aliphatic rings. The van der Waals surface area contributed by atoms with Crippen molar-refractivity contribution in [2.45, 2.75) is 6.42 Å². The fourth-order valence-corrected chi connectivity index (χ4v) is 1.42. The van der Waals surface area contributed by atoms with Crippen LogP contribution in [0.3, 0.4) is 0 Å². The van der Waals surface area contributed by atoms with E-state index in [1.165, 1.54) is 14.2 Å². The summed E-state index contributed by atoms with van der Waals surface area (Å²) in [6.07, 6.45) is -1.10. The van der Waals surface area contributed by atoms with Crippen molar-refractivity contribution >= 4 is 17.7 Å². The van der Waals surface area contributed by atoms with Crippen LogP contribution in [0.4, 0.5) is 10.5 Å². The van der Waals surface area contributed by atoms with Crippen LogP contribution in [0.2, 0.25) is 0 Å². The molecular formula is C12H16N2O5. The van der Waals surface area contributed by atoms with Crippen molar-refractivity contribution < 1.29 is 24.2 Å². The summed E-state index contributed by atoms with van der Waals surface area (Å²) in [7, 11) is 3.02. The van der Waals surface area contributed by atoms with E-state index in [0.29, 0.717) is 17.2 Å². The predicted octanol–water partition coefficient (Wildman–Crippen LogP) is 1.30. The zero-order valence-electron chi connectivity index (χ0n) is 10.7. The Morgan fingerprint density at radius 2 is 1.89 bits per heavy atom. The Morgan fingerprint density at radius 3 is 2.47 bits per heavy atom. The average molecular weight is 268 g/mol. The quantitative estimate of drug-likeness (QED) is 0.722. The third kappa shape index (κ3) is 4.74. The van der Waals surface area contributed by atoms with Gasteiger partial charge in [-0.25, -0.2) is 4.79 Å². The van der Waals surface area contributed by atoms with Gasteiger partial charge in [0.25, 0.3) is 0 Å². The van der Waals surface area contributed by atoms with E-state index in [4.69, 9.17) is 14.6 Å². The second kappa shape index (κ2) is 7.10. The molecule has 0 spiro atoms. The van der Waals surface area contributed by atoms with Crippen LogP contribution in [0.25, 0.3) is 0 Å². The number of hydrogen-bond donors (Lipinski definition) is 3. The van der Waals surface area contributed by atoms with Gasteiger partial charge in [-0.15, -0.1) is 0 Å². The lowest BCUT2D eigenvalue weighted by molar-refractivity contribution is -0.116. The highest BCUT2D eigenvalue weighted by atomic mass is 16.5. The lowest BCUT2D eigenvalue weighted by Gasteiger charge is -2.10. The maximum absolute atomic E-state index is 11.5. The molecule has 0 unspecified atom stereocenters. The highest BCUT2D eigenvalue weighted by Crippen LogP contribution is 2.29. The smallest absolute Gasteiger partial charge is 0.404 e. The maximum Gasteiger partial charge on any atom is 0.404 e. The summed E-state index contributed by atoms with van der Waals surface area (Å²) in [4.78, 5) is 21.8. The number of anilines is 1. The van der Waals surface area contributed by atoms with Crippen LogP contribution in [-0.2, 0) is 4.79 Å². The number of ether oxygens (including phenoxy) is 2. The minimum atomic E-state index is -1.15. The van der Waals surface area contributed by atoms with Gasteiger partial charge in [0, 0.05) is 24.7 Å². The number of carbonyl (C=O) groups is 2. The molecule has 7 nitrogen and oxygen atoms in total. The minimum Gasteiger partial charge on any atom is -0.493 e. The average Bonchev–Trinajstić information content (AvgIpc) is 2.38. The zero-order valence-corrected chi connectivity index (χ0v) is 10.7. The molecule has 0 saturated carbocycles. The van der Waals surface area contributed by atoms with Crippen LogP contribution in [-0.4, -0.2) is 37.9 Å². The standard InChI is InChI=1S/C12H16N2O5/c1-18-9-4-3-8(7-10(9)19-2)14-11(15)5-6-13-12(16)17/h3-4,7,13H,5-6H2,1-2H3,(H,14,15)(H,16,17). The number of hydrogen-bond acceptors (Lipinski definition) is 4. The van der Waals surface area contributed by atoms with Crippen molar-refractivity contribution in [3.8, 4) is 11.5 Å². The topological polar surface area (TPSA) is 96.9 Å². The monoisotopic (exact) mass is 268 g/mol. The number of carboxylic acid groups (broad SMARTS) is 1. The molecule has 0 aliphatic carbocycles. The molecule has 0 aliphatic heterocycles. The van der Waals surface area contributed by atoms with Gasteiger partial charge in [-0.05, 0) is 12.1 Å². The first kappa shape index (κ1) is 14.6. The number of amides is 2. The second-order valence-electron chi connectivity index (χ2n) is 3.60. The van der Waals surface area contributed by atoms with Crippen LogP contribution < -0.4 is 20.1 Å². The number of rotatable bonds is 6. The van der Waals surface area contributed by atoms with E-state index in [0.717, 1.165) is 0 Å². The van der Waals surface area contributed by atoms with Gasteiger partial charge in [0.05, 0.1) is 14.2 Å². The van der Waals surface area contributed by atoms with E-state index < -0.39 is 6.09 Å². The lowest BCUT2D eigenvalue weighted by atomic mass is 10.2. The second-order valence-corrected chi connectivity index (χ2v) is 3.60. The molecule has 7 heteroatoms. The number of carbonyl (C=O) groups excluding carboxylic acids is 1. The van der Waals surface area contributed by atoms with Gasteiger partial charge in [-0.3, -0.25) is 4.79 Å². The Bertz CT molecular complexity index is 461. The van der Waals surface area contributed by atoms with Gasteiger partial charge >= 0.3 is 6.09 Å². The molecule has 1 aromatic rings. The maximum atomic E-state index is 11.5. The highest BCUT2D eigenvalue weighted by Gasteiger charge is 2.07. The molecule has 0 bridgehead atoms. The van der Waals surface area contributed by atoms with Crippen molar-refractivity contribution in [1.82, 2.24) is 5.32 Å². The van der Waals surface area contributed by atoms with Crippen molar-refractivity contribution in [1.29, 1.82) is 0 Å². The van der Waals surface area contributed by atoms with Crippen molar-refractivity contribution in [2.24, 2.45) is 0 Å². The molecule has 0 saturated heterocycles. The Hall–Kier alpha value is -2.44. The molecule has 0 atom stereocenters. The lowest BCUT2D eigenvalue weighted by Crippen LogP contribution is -2.25. The minimum absolute atomic E-state index is 0.0562. The predicted molar refractivity (Wildman–Crippen MR) is 68.8 cm³/mol. The Balaban J connectivity index is 2.57. The molecular weight excluding hydrogens is 252 g/mol. The molecule has 0 fully saturated rings. The number of nitrogens with one attached hydrogen (secondary N) is 2. The van der Waals surface area contributed by atoms with Crippen molar-refractivity contribution in [3.05, 3.63) is 18.2 Å². The molecule has 19 heavy (non-hydrogen) atoms. The Morgan fingerprint density at radius 1 is 1.21 bits per heavy atom. The molecule has 2 amide bonds. The molecule has 3 N–H and O–H groups in total. The summed E-state index contributed by atoms with van der Waals surface area (Å²) >= 11 is 0. The van der Waals surface area contributed by atoms with Crippen LogP contribution in [0.15, 0.2) is 18.2 Å². The molecule has 0 aromatic heterocycles. The van der Waals surface area contributed by atoms with E-state index in [1.54, 1.807) is 18.2 Å². The largest absolute Gasteiger partial charge is 0.493 e. The fraction of sp³-hybridized carbons (Fsp3) is 0.333. The van der Waals surface area contributed by atoms with Crippen LogP contribution in [0.5, 0.6) is 11.5 Å². The highest BCUT2D eigenvalue weighted by molar-refractivity contribution is 5.91. The van der Waals surface area contributed by atoms with Gasteiger partial charge in [0.15, 0.2) is 11.5 Å². The Labute approximate surface area is 110 Å². The molecule has 1 aromatic carbocycles. The number of methoxy groups -OCH3 is 2. The first-order valence-electron chi connectivity index (χ1n) is 5.55. The van der Waals surface area contributed by atoms with Gasteiger partial charge in [-0.1, -0.05) is 0 Å². The van der Waals surface area contributed by atoms with E-state index in [2.05, 4.69) is 10.6 Å². The fourth-order valence-electron chi connectivity index (χ4n) is 1.42. The summed E-state index contributed by atoms with van der Waals surface area (Å²) in [5.74, 6) is 0.776. The summed E-state index contributed by atoms with van der Waals surface area (Å²) in [6, 6.07) is 4.97. The zero-order chi connectivity index (χ0) is 14.3. The third-order valence-corrected chi connectivity index (χ3v) is 2.30. The first-order valence-corrected chi connectivity index (χ1v) is 5.55. The summed E-state index contributed by atoms with van der Waals surface area (Å²) < 4.78 is 10.2. The molecule has 104 valence electrons. The van der Waals surface area contributed by atoms with Crippen LogP contribution in [0.1, 0.15) is 6.42 Å². The van der Waals surface area contributed by atoms with Crippen molar-refractivity contribution in [3.63, 3.8) is 0 Å². The third-order valence-electron chi connectivity index (χ3n) is 2.30. The van der Waals surface area contributed by atoms with Gasteiger partial charge in [0.1, 0.15) is 0 Å². The molecule has 0 heterocycles. The van der Waals surface area contributed by atoms with Gasteiger partial charge in [0.2, 0.25) is 5.91 Å².